The summed E-state index contributed by atoms with van der Waals surface area (Å²) >= 11 is 6.14. The minimum atomic E-state index is -0.146. The van der Waals surface area contributed by atoms with Crippen LogP contribution in [0.5, 0.6) is 11.5 Å². The topological polar surface area (TPSA) is 65.0 Å². The minimum Gasteiger partial charge on any atom is -0.504 e. The molecule has 7 heteroatoms. The lowest BCUT2D eigenvalue weighted by molar-refractivity contribution is -0.116. The normalized spacial score (nSPS) is 15.6. The first-order valence-electron chi connectivity index (χ1n) is 12.1. The number of nitrogens with one attached hydrogen (secondary N) is 1. The van der Waals surface area contributed by atoms with Crippen LogP contribution in [0.4, 0.5) is 0 Å². The number of benzene rings is 3. The van der Waals surface area contributed by atoms with Crippen molar-refractivity contribution in [3.05, 3.63) is 101 Å². The van der Waals surface area contributed by atoms with Gasteiger partial charge in [-0.2, -0.15) is 0 Å². The molecule has 1 aliphatic heterocycles. The first-order valence-corrected chi connectivity index (χ1v) is 12.5. The highest BCUT2D eigenvalue weighted by Crippen LogP contribution is 2.30. The van der Waals surface area contributed by atoms with Gasteiger partial charge < -0.3 is 15.2 Å². The summed E-state index contributed by atoms with van der Waals surface area (Å²) in [4.78, 5) is 17.1. The summed E-state index contributed by atoms with van der Waals surface area (Å²) in [7, 11) is 1.49. The largest absolute Gasteiger partial charge is 0.504 e. The van der Waals surface area contributed by atoms with Crippen molar-refractivity contribution >= 4 is 23.6 Å². The molecule has 0 spiro atoms. The minimum absolute atomic E-state index is 0.0717. The van der Waals surface area contributed by atoms with Crippen LogP contribution in [-0.2, 0) is 4.79 Å². The number of piperazine rings is 1. The molecule has 1 atom stereocenters. The van der Waals surface area contributed by atoms with Crippen LogP contribution in [0.25, 0.3) is 6.08 Å². The average Bonchev–Trinajstić information content (AvgIpc) is 2.91. The fourth-order valence-electron chi connectivity index (χ4n) is 4.51. The van der Waals surface area contributed by atoms with Gasteiger partial charge in [-0.3, -0.25) is 14.6 Å². The lowest BCUT2D eigenvalue weighted by Gasteiger charge is -2.39. The van der Waals surface area contributed by atoms with Gasteiger partial charge in [0.1, 0.15) is 0 Å². The van der Waals surface area contributed by atoms with E-state index < -0.39 is 0 Å². The number of ether oxygens (including phenoxy) is 1. The number of phenolic OH excluding ortho intramolecular Hbond substituents is 1. The van der Waals surface area contributed by atoms with E-state index in [1.54, 1.807) is 24.3 Å². The summed E-state index contributed by atoms with van der Waals surface area (Å²) < 4.78 is 5.10. The number of carbonyl (C=O) groups is 1. The van der Waals surface area contributed by atoms with Gasteiger partial charge in [-0.05, 0) is 47.0 Å². The van der Waals surface area contributed by atoms with Crippen molar-refractivity contribution in [3.63, 3.8) is 0 Å². The molecule has 1 amide bonds. The number of amides is 1. The second-order valence-corrected chi connectivity index (χ2v) is 9.23. The molecule has 1 saturated heterocycles. The van der Waals surface area contributed by atoms with Crippen LogP contribution >= 0.6 is 11.6 Å². The van der Waals surface area contributed by atoms with Gasteiger partial charge in [-0.1, -0.05) is 60.1 Å². The van der Waals surface area contributed by atoms with E-state index in [9.17, 15) is 9.90 Å². The third kappa shape index (κ3) is 6.88. The van der Waals surface area contributed by atoms with E-state index in [1.165, 1.54) is 24.3 Å². The van der Waals surface area contributed by atoms with E-state index in [4.69, 9.17) is 16.3 Å². The van der Waals surface area contributed by atoms with E-state index in [0.29, 0.717) is 12.3 Å². The molecule has 1 unspecified atom stereocenters. The summed E-state index contributed by atoms with van der Waals surface area (Å²) in [6, 6.07) is 23.9. The zero-order valence-corrected chi connectivity index (χ0v) is 21.2. The van der Waals surface area contributed by atoms with Gasteiger partial charge in [0.05, 0.1) is 13.2 Å². The highest BCUT2D eigenvalue weighted by Gasteiger charge is 2.26. The number of carbonyl (C=O) groups excluding carboxylic acids is 1. The molecule has 188 valence electrons. The molecule has 1 aliphatic rings. The van der Waals surface area contributed by atoms with Crippen molar-refractivity contribution < 1.29 is 14.6 Å². The zero-order chi connectivity index (χ0) is 25.3. The van der Waals surface area contributed by atoms with Crippen molar-refractivity contribution in [2.24, 2.45) is 0 Å². The van der Waals surface area contributed by atoms with Crippen LogP contribution < -0.4 is 10.1 Å². The highest BCUT2D eigenvalue weighted by atomic mass is 35.5. The molecule has 3 aromatic rings. The molecular weight excluding hydrogens is 474 g/mol. The number of halogens is 1. The number of methoxy groups -OCH3 is 1. The number of hydrogen-bond donors (Lipinski definition) is 2. The van der Waals surface area contributed by atoms with Crippen LogP contribution in [-0.4, -0.2) is 67.2 Å². The molecule has 0 saturated carbocycles. The Kier molecular flexibility index (Phi) is 9.01. The predicted molar refractivity (Wildman–Crippen MR) is 144 cm³/mol. The third-order valence-corrected chi connectivity index (χ3v) is 6.68. The maximum atomic E-state index is 12.2. The summed E-state index contributed by atoms with van der Waals surface area (Å²) in [6.45, 7) is 5.15. The van der Waals surface area contributed by atoms with Gasteiger partial charge in [0, 0.05) is 50.4 Å². The Morgan fingerprint density at radius 1 is 1.03 bits per heavy atom. The van der Waals surface area contributed by atoms with E-state index in [0.717, 1.165) is 43.3 Å². The standard InChI is InChI=1S/C29H32ClN3O3/c1-36-27-21-22(7-13-26(27)34)8-14-28(35)31-15-16-32-17-19-33(20-18-32)29(23-5-3-2-4-6-23)24-9-11-25(30)12-10-24/h2-14,21,29,34H,15-20H2,1H3,(H,31,35). The van der Waals surface area contributed by atoms with E-state index in [2.05, 4.69) is 51.5 Å². The molecular formula is C29H32ClN3O3. The maximum absolute atomic E-state index is 12.2. The smallest absolute Gasteiger partial charge is 0.244 e. The molecule has 6 nitrogen and oxygen atoms in total. The van der Waals surface area contributed by atoms with E-state index in [1.807, 2.05) is 18.2 Å². The predicted octanol–water partition coefficient (Wildman–Crippen LogP) is 4.59. The SMILES string of the molecule is COc1cc(C=CC(=O)NCCN2CCN(C(c3ccccc3)c3ccc(Cl)cc3)CC2)ccc1O. The number of rotatable bonds is 9. The second kappa shape index (κ2) is 12.6. The Morgan fingerprint density at radius 2 is 1.72 bits per heavy atom. The van der Waals surface area contributed by atoms with Crippen molar-refractivity contribution in [1.82, 2.24) is 15.1 Å². The fourth-order valence-corrected chi connectivity index (χ4v) is 4.63. The summed E-state index contributed by atoms with van der Waals surface area (Å²) in [5.74, 6) is 0.303. The molecule has 0 aliphatic carbocycles. The van der Waals surface area contributed by atoms with Crippen LogP contribution in [0.2, 0.25) is 5.02 Å². The third-order valence-electron chi connectivity index (χ3n) is 6.43. The Labute approximate surface area is 217 Å². The van der Waals surface area contributed by atoms with Crippen LogP contribution in [0.3, 0.4) is 0 Å². The highest BCUT2D eigenvalue weighted by molar-refractivity contribution is 6.30. The molecule has 36 heavy (non-hydrogen) atoms. The van der Waals surface area contributed by atoms with Gasteiger partial charge in [-0.25, -0.2) is 0 Å². The number of hydrogen-bond acceptors (Lipinski definition) is 5. The Bertz CT molecular complexity index is 1160. The second-order valence-electron chi connectivity index (χ2n) is 8.80. The zero-order valence-electron chi connectivity index (χ0n) is 20.4. The Hall–Kier alpha value is -3.32. The van der Waals surface area contributed by atoms with Crippen molar-refractivity contribution in [2.75, 3.05) is 46.4 Å². The summed E-state index contributed by atoms with van der Waals surface area (Å²) in [5.41, 5.74) is 3.30. The lowest BCUT2D eigenvalue weighted by atomic mass is 9.96. The Balaban J connectivity index is 1.27. The first-order chi connectivity index (χ1) is 17.5. The quantitative estimate of drug-likeness (QED) is 0.416. The number of phenols is 1. The van der Waals surface area contributed by atoms with Crippen molar-refractivity contribution in [3.8, 4) is 11.5 Å². The molecule has 0 radical (unpaired) electrons. The van der Waals surface area contributed by atoms with Crippen molar-refractivity contribution in [1.29, 1.82) is 0 Å². The first kappa shape index (κ1) is 25.8. The molecule has 0 aromatic heterocycles. The lowest BCUT2D eigenvalue weighted by Crippen LogP contribution is -2.49. The summed E-state index contributed by atoms with van der Waals surface area (Å²) in [6.07, 6.45) is 3.21. The molecule has 1 fully saturated rings. The van der Waals surface area contributed by atoms with Gasteiger partial charge in [0.25, 0.3) is 0 Å². The van der Waals surface area contributed by atoms with E-state index >= 15 is 0 Å². The molecule has 3 aromatic carbocycles. The van der Waals surface area contributed by atoms with Crippen LogP contribution in [0, 0.1) is 0 Å². The number of nitrogens with zero attached hydrogens (tertiary/aromatic N) is 2. The molecule has 2 N–H and O–H groups in total. The molecule has 0 bridgehead atoms. The van der Waals surface area contributed by atoms with E-state index in [-0.39, 0.29) is 17.7 Å². The molecule has 1 heterocycles. The summed E-state index contributed by atoms with van der Waals surface area (Å²) in [5, 5.41) is 13.4. The number of aromatic hydroxyl groups is 1. The van der Waals surface area contributed by atoms with Gasteiger partial charge in [-0.15, -0.1) is 0 Å². The van der Waals surface area contributed by atoms with Gasteiger partial charge >= 0.3 is 0 Å². The fraction of sp³-hybridized carbons (Fsp3) is 0.276. The maximum Gasteiger partial charge on any atom is 0.244 e. The average molecular weight is 506 g/mol. The monoisotopic (exact) mass is 505 g/mol. The van der Waals surface area contributed by atoms with Gasteiger partial charge in [0.15, 0.2) is 11.5 Å². The van der Waals surface area contributed by atoms with Crippen molar-refractivity contribution in [2.45, 2.75) is 6.04 Å². The van der Waals surface area contributed by atoms with Gasteiger partial charge in [0.2, 0.25) is 5.91 Å². The van der Waals surface area contributed by atoms with Crippen LogP contribution in [0.1, 0.15) is 22.7 Å². The van der Waals surface area contributed by atoms with Crippen LogP contribution in [0.15, 0.2) is 78.9 Å². The Morgan fingerprint density at radius 3 is 2.42 bits per heavy atom. The molecule has 4 rings (SSSR count).